The van der Waals surface area contributed by atoms with Crippen LogP contribution in [0.1, 0.15) is 11.6 Å². The van der Waals surface area contributed by atoms with Crippen molar-refractivity contribution in [2.24, 2.45) is 0 Å². The number of rotatable bonds is 2. The fourth-order valence-electron chi connectivity index (χ4n) is 2.19. The third-order valence-corrected chi connectivity index (χ3v) is 3.27. The van der Waals surface area contributed by atoms with Crippen LogP contribution in [-0.4, -0.2) is 6.54 Å². The maximum atomic E-state index is 13.6. The number of hydrogen-bond donors (Lipinski definition) is 0. The van der Waals surface area contributed by atoms with Crippen molar-refractivity contribution in [2.45, 2.75) is 6.04 Å². The molecular formula is C14H8F5N. The Labute approximate surface area is 111 Å². The third-order valence-electron chi connectivity index (χ3n) is 3.27. The fraction of sp³-hybridized carbons (Fsp3) is 0.143. The lowest BCUT2D eigenvalue weighted by atomic mass is 10.1. The molecule has 0 aliphatic carbocycles. The summed E-state index contributed by atoms with van der Waals surface area (Å²) in [6, 6.07) is 8.35. The Kier molecular flexibility index (Phi) is 2.88. The molecule has 104 valence electrons. The molecule has 0 spiro atoms. The van der Waals surface area contributed by atoms with Crippen LogP contribution in [0.15, 0.2) is 30.3 Å². The molecule has 0 saturated carbocycles. The summed E-state index contributed by atoms with van der Waals surface area (Å²) < 4.78 is 66.5. The van der Waals surface area contributed by atoms with E-state index in [1.807, 2.05) is 0 Å². The molecule has 2 aromatic rings. The first-order valence-electron chi connectivity index (χ1n) is 5.85. The van der Waals surface area contributed by atoms with Crippen LogP contribution in [0.3, 0.4) is 0 Å². The van der Waals surface area contributed by atoms with E-state index in [-0.39, 0.29) is 12.6 Å². The van der Waals surface area contributed by atoms with Gasteiger partial charge in [0.15, 0.2) is 23.3 Å². The Balaban J connectivity index is 2.02. The molecule has 1 heterocycles. The van der Waals surface area contributed by atoms with Gasteiger partial charge < -0.3 is 4.90 Å². The van der Waals surface area contributed by atoms with Gasteiger partial charge in [-0.3, -0.25) is 0 Å². The van der Waals surface area contributed by atoms with E-state index < -0.39 is 34.8 Å². The Morgan fingerprint density at radius 3 is 1.80 bits per heavy atom. The van der Waals surface area contributed by atoms with E-state index in [1.165, 1.54) is 0 Å². The van der Waals surface area contributed by atoms with Crippen LogP contribution in [0.5, 0.6) is 0 Å². The van der Waals surface area contributed by atoms with E-state index in [0.717, 1.165) is 10.5 Å². The molecule has 0 N–H and O–H groups in total. The van der Waals surface area contributed by atoms with Crippen molar-refractivity contribution < 1.29 is 22.0 Å². The molecule has 3 rings (SSSR count). The smallest absolute Gasteiger partial charge is 0.200 e. The van der Waals surface area contributed by atoms with Crippen LogP contribution in [0.4, 0.5) is 27.6 Å². The van der Waals surface area contributed by atoms with Crippen LogP contribution < -0.4 is 4.90 Å². The first kappa shape index (κ1) is 12.9. The maximum absolute atomic E-state index is 13.6. The van der Waals surface area contributed by atoms with E-state index in [0.29, 0.717) is 0 Å². The minimum atomic E-state index is -2.14. The fourth-order valence-corrected chi connectivity index (χ4v) is 2.19. The Hall–Kier alpha value is -2.11. The highest BCUT2D eigenvalue weighted by Crippen LogP contribution is 2.43. The number of hydrogen-bond acceptors (Lipinski definition) is 1. The van der Waals surface area contributed by atoms with Crippen molar-refractivity contribution in [3.8, 4) is 0 Å². The second-order valence-electron chi connectivity index (χ2n) is 4.50. The molecule has 1 unspecified atom stereocenters. The highest BCUT2D eigenvalue weighted by molar-refractivity contribution is 5.59. The van der Waals surface area contributed by atoms with Gasteiger partial charge in [0.05, 0.1) is 6.04 Å². The monoisotopic (exact) mass is 285 g/mol. The molecule has 1 nitrogen and oxygen atoms in total. The van der Waals surface area contributed by atoms with Gasteiger partial charge >= 0.3 is 0 Å². The van der Waals surface area contributed by atoms with Crippen LogP contribution >= 0.6 is 0 Å². The van der Waals surface area contributed by atoms with Gasteiger partial charge in [-0.2, -0.15) is 0 Å². The molecule has 0 bridgehead atoms. The largest absolute Gasteiger partial charge is 0.355 e. The molecule has 6 heteroatoms. The number of nitrogens with zero attached hydrogens (tertiary/aromatic N) is 1. The summed E-state index contributed by atoms with van der Waals surface area (Å²) in [6.45, 7) is 0.211. The zero-order chi connectivity index (χ0) is 14.4. The van der Waals surface area contributed by atoms with Crippen LogP contribution in [0.2, 0.25) is 0 Å². The summed E-state index contributed by atoms with van der Waals surface area (Å²) >= 11 is 0. The highest BCUT2D eigenvalue weighted by atomic mass is 19.2. The van der Waals surface area contributed by atoms with Gasteiger partial charge in [-0.25, -0.2) is 22.0 Å². The normalized spacial score (nSPS) is 17.4. The Morgan fingerprint density at radius 1 is 0.750 bits per heavy atom. The second kappa shape index (κ2) is 4.47. The lowest BCUT2D eigenvalue weighted by Gasteiger charge is -2.10. The minimum Gasteiger partial charge on any atom is -0.355 e. The highest BCUT2D eigenvalue weighted by Gasteiger charge is 2.41. The predicted octanol–water partition coefficient (Wildman–Crippen LogP) is 3.94. The summed E-state index contributed by atoms with van der Waals surface area (Å²) in [6.07, 6.45) is 0. The van der Waals surface area contributed by atoms with Crippen molar-refractivity contribution in [1.82, 2.24) is 0 Å². The van der Waals surface area contributed by atoms with Gasteiger partial charge in [0.2, 0.25) is 5.82 Å². The number of anilines is 1. The average Bonchev–Trinajstić information content (AvgIpc) is 3.24. The van der Waals surface area contributed by atoms with E-state index in [9.17, 15) is 22.0 Å². The van der Waals surface area contributed by atoms with Crippen LogP contribution in [0, 0.1) is 29.1 Å². The van der Waals surface area contributed by atoms with Gasteiger partial charge in [0.1, 0.15) is 5.69 Å². The first-order chi connectivity index (χ1) is 9.52. The summed E-state index contributed by atoms with van der Waals surface area (Å²) in [7, 11) is 0. The SMILES string of the molecule is Fc1c(F)c(F)c(N2CC2c2ccccc2)c(F)c1F. The zero-order valence-corrected chi connectivity index (χ0v) is 10.0. The average molecular weight is 285 g/mol. The minimum absolute atomic E-state index is 0.211. The number of halogens is 5. The van der Waals surface area contributed by atoms with Gasteiger partial charge in [-0.15, -0.1) is 0 Å². The molecule has 1 saturated heterocycles. The van der Waals surface area contributed by atoms with Gasteiger partial charge in [-0.05, 0) is 5.56 Å². The lowest BCUT2D eigenvalue weighted by molar-refractivity contribution is 0.380. The topological polar surface area (TPSA) is 3.01 Å². The Morgan fingerprint density at radius 2 is 1.25 bits per heavy atom. The summed E-state index contributed by atoms with van der Waals surface area (Å²) in [5, 5.41) is 0. The molecular weight excluding hydrogens is 277 g/mol. The molecule has 1 aliphatic rings. The van der Waals surface area contributed by atoms with Gasteiger partial charge in [0.25, 0.3) is 0 Å². The van der Waals surface area contributed by atoms with Crippen LogP contribution in [-0.2, 0) is 0 Å². The quantitative estimate of drug-likeness (QED) is 0.349. The molecule has 20 heavy (non-hydrogen) atoms. The van der Waals surface area contributed by atoms with Gasteiger partial charge in [0, 0.05) is 6.54 Å². The summed E-state index contributed by atoms with van der Waals surface area (Å²) in [4.78, 5) is 1.14. The molecule has 1 aliphatic heterocycles. The van der Waals surface area contributed by atoms with Crippen molar-refractivity contribution >= 4 is 5.69 Å². The van der Waals surface area contributed by atoms with Crippen molar-refractivity contribution in [3.05, 3.63) is 65.0 Å². The molecule has 0 amide bonds. The van der Waals surface area contributed by atoms with Crippen LogP contribution in [0.25, 0.3) is 0 Å². The van der Waals surface area contributed by atoms with Gasteiger partial charge in [-0.1, -0.05) is 30.3 Å². The van der Waals surface area contributed by atoms with E-state index in [4.69, 9.17) is 0 Å². The van der Waals surface area contributed by atoms with E-state index >= 15 is 0 Å². The summed E-state index contributed by atoms with van der Waals surface area (Å²) in [5.41, 5.74) is -0.105. The first-order valence-corrected chi connectivity index (χ1v) is 5.85. The molecule has 2 aromatic carbocycles. The molecule has 0 radical (unpaired) electrons. The standard InChI is InChI=1S/C14H8F5N/c15-9-10(16)12(18)14(13(19)11(9)17)20-6-8(20)7-4-2-1-3-5-7/h1-5,8H,6H2. The molecule has 1 fully saturated rings. The van der Waals surface area contributed by atoms with Crippen molar-refractivity contribution in [1.29, 1.82) is 0 Å². The predicted molar refractivity (Wildman–Crippen MR) is 62.8 cm³/mol. The van der Waals surface area contributed by atoms with E-state index in [1.54, 1.807) is 30.3 Å². The Bertz CT molecular complexity index is 642. The zero-order valence-electron chi connectivity index (χ0n) is 10.0. The summed E-state index contributed by atoms with van der Waals surface area (Å²) in [5.74, 6) is -9.56. The third kappa shape index (κ3) is 1.83. The van der Waals surface area contributed by atoms with E-state index in [2.05, 4.69) is 0 Å². The molecule has 0 aromatic heterocycles. The van der Waals surface area contributed by atoms with Crippen molar-refractivity contribution in [2.75, 3.05) is 11.4 Å². The second-order valence-corrected chi connectivity index (χ2v) is 4.50. The maximum Gasteiger partial charge on any atom is 0.200 e. The molecule has 1 atom stereocenters. The van der Waals surface area contributed by atoms with Crippen molar-refractivity contribution in [3.63, 3.8) is 0 Å². The number of benzene rings is 2. The lowest BCUT2D eigenvalue weighted by Crippen LogP contribution is -2.08.